The van der Waals surface area contributed by atoms with Gasteiger partial charge in [-0.15, -0.1) is 12.4 Å². The van der Waals surface area contributed by atoms with Crippen LogP contribution in [-0.4, -0.2) is 22.8 Å². The van der Waals surface area contributed by atoms with Crippen LogP contribution in [0.4, 0.5) is 0 Å². The van der Waals surface area contributed by atoms with Crippen LogP contribution in [0.2, 0.25) is 0 Å². The van der Waals surface area contributed by atoms with Crippen LogP contribution < -0.4 is 15.8 Å². The third-order valence-electron chi connectivity index (χ3n) is 4.50. The van der Waals surface area contributed by atoms with E-state index in [1.54, 1.807) is 7.05 Å². The average molecular weight is 311 g/mol. The summed E-state index contributed by atoms with van der Waals surface area (Å²) in [6, 6.07) is 6.84. The van der Waals surface area contributed by atoms with Crippen LogP contribution in [0.1, 0.15) is 25.7 Å². The van der Waals surface area contributed by atoms with Gasteiger partial charge in [0.1, 0.15) is 11.9 Å². The quantitative estimate of drug-likeness (QED) is 0.924. The molecule has 3 heterocycles. The number of hydrogen-bond acceptors (Lipinski definition) is 4. The molecule has 0 radical (unpaired) electrons. The number of aromatic nitrogens is 1. The summed E-state index contributed by atoms with van der Waals surface area (Å²) in [7, 11) is 1.71. The maximum Gasteiger partial charge on any atom is 0.419 e. The fourth-order valence-electron chi connectivity index (χ4n) is 3.48. The van der Waals surface area contributed by atoms with Crippen molar-refractivity contribution in [3.63, 3.8) is 0 Å². The number of aryl methyl sites for hydroxylation is 1. The van der Waals surface area contributed by atoms with Gasteiger partial charge in [0.2, 0.25) is 0 Å². The maximum absolute atomic E-state index is 11.5. The lowest BCUT2D eigenvalue weighted by Gasteiger charge is -2.29. The summed E-state index contributed by atoms with van der Waals surface area (Å²) in [5.41, 5.74) is 1.39. The van der Waals surface area contributed by atoms with E-state index in [0.29, 0.717) is 17.7 Å². The number of nitrogens with one attached hydrogen (secondary N) is 1. The molecule has 2 atom stereocenters. The molecule has 1 N–H and O–H groups in total. The summed E-state index contributed by atoms with van der Waals surface area (Å²) in [5.74, 6) is 0.454. The molecule has 5 nitrogen and oxygen atoms in total. The third-order valence-corrected chi connectivity index (χ3v) is 4.50. The lowest BCUT2D eigenvalue weighted by atomic mass is 10.0. The molecule has 6 heteroatoms. The van der Waals surface area contributed by atoms with Gasteiger partial charge in [-0.3, -0.25) is 4.57 Å². The summed E-state index contributed by atoms with van der Waals surface area (Å²) in [4.78, 5) is 11.5. The summed E-state index contributed by atoms with van der Waals surface area (Å²) in [6.45, 7) is 0. The van der Waals surface area contributed by atoms with Gasteiger partial charge in [-0.05, 0) is 37.8 Å². The van der Waals surface area contributed by atoms with Crippen molar-refractivity contribution in [2.24, 2.45) is 7.05 Å². The average Bonchev–Trinajstić information content (AvgIpc) is 2.90. The minimum Gasteiger partial charge on any atom is -0.490 e. The van der Waals surface area contributed by atoms with Crippen LogP contribution in [0.3, 0.4) is 0 Å². The Morgan fingerprint density at radius 1 is 1.29 bits per heavy atom. The number of piperidine rings is 1. The third kappa shape index (κ3) is 2.56. The maximum atomic E-state index is 11.5. The summed E-state index contributed by atoms with van der Waals surface area (Å²) in [5, 5.41) is 3.60. The van der Waals surface area contributed by atoms with Gasteiger partial charge in [0.15, 0.2) is 5.58 Å². The van der Waals surface area contributed by atoms with Gasteiger partial charge in [0.05, 0.1) is 5.52 Å². The molecule has 2 bridgehead atoms. The Kier molecular flexibility index (Phi) is 3.71. The molecule has 2 unspecified atom stereocenters. The molecule has 2 saturated heterocycles. The number of halogens is 1. The first-order valence-electron chi connectivity index (χ1n) is 7.21. The number of oxazole rings is 1. The van der Waals surface area contributed by atoms with E-state index in [2.05, 4.69) is 5.32 Å². The lowest BCUT2D eigenvalue weighted by molar-refractivity contribution is 0.137. The number of ether oxygens (including phenoxy) is 1. The van der Waals surface area contributed by atoms with E-state index < -0.39 is 0 Å². The van der Waals surface area contributed by atoms with Crippen molar-refractivity contribution < 1.29 is 9.15 Å². The minimum absolute atomic E-state index is 0. The number of rotatable bonds is 2. The van der Waals surface area contributed by atoms with E-state index in [9.17, 15) is 4.79 Å². The molecule has 0 spiro atoms. The second-order valence-electron chi connectivity index (χ2n) is 5.91. The van der Waals surface area contributed by atoms with Gasteiger partial charge >= 0.3 is 5.76 Å². The largest absolute Gasteiger partial charge is 0.490 e. The van der Waals surface area contributed by atoms with E-state index in [-0.39, 0.29) is 24.3 Å². The first-order chi connectivity index (χ1) is 9.69. The molecule has 0 saturated carbocycles. The second-order valence-corrected chi connectivity index (χ2v) is 5.91. The molecule has 2 aliphatic heterocycles. The minimum atomic E-state index is -0.336. The van der Waals surface area contributed by atoms with Crippen molar-refractivity contribution in [2.45, 2.75) is 43.9 Å². The van der Waals surface area contributed by atoms with Gasteiger partial charge in [-0.1, -0.05) is 0 Å². The van der Waals surface area contributed by atoms with Crippen LogP contribution >= 0.6 is 12.4 Å². The molecule has 0 aliphatic carbocycles. The van der Waals surface area contributed by atoms with Crippen LogP contribution in [-0.2, 0) is 7.05 Å². The Hall–Kier alpha value is -1.46. The van der Waals surface area contributed by atoms with Gasteiger partial charge in [-0.25, -0.2) is 4.79 Å². The van der Waals surface area contributed by atoms with Gasteiger partial charge in [-0.2, -0.15) is 0 Å². The molecular formula is C15H19ClN2O3. The fraction of sp³-hybridized carbons (Fsp3) is 0.533. The number of fused-ring (bicyclic) bond motifs is 3. The molecule has 2 aliphatic rings. The zero-order chi connectivity index (χ0) is 13.7. The highest BCUT2D eigenvalue weighted by molar-refractivity contribution is 5.85. The Morgan fingerprint density at radius 3 is 2.71 bits per heavy atom. The normalized spacial score (nSPS) is 27.6. The van der Waals surface area contributed by atoms with E-state index in [0.717, 1.165) is 24.1 Å². The topological polar surface area (TPSA) is 56.4 Å². The Labute approximate surface area is 128 Å². The van der Waals surface area contributed by atoms with Crippen LogP contribution in [0.15, 0.2) is 27.4 Å². The van der Waals surface area contributed by atoms with Crippen molar-refractivity contribution in [3.8, 4) is 5.75 Å². The number of nitrogens with zero attached hydrogens (tertiary/aromatic N) is 1. The van der Waals surface area contributed by atoms with Gasteiger partial charge in [0, 0.05) is 25.2 Å². The smallest absolute Gasteiger partial charge is 0.419 e. The van der Waals surface area contributed by atoms with Crippen molar-refractivity contribution in [1.82, 2.24) is 9.88 Å². The van der Waals surface area contributed by atoms with Crippen molar-refractivity contribution in [1.29, 1.82) is 0 Å². The van der Waals surface area contributed by atoms with Crippen LogP contribution in [0.5, 0.6) is 5.75 Å². The first kappa shape index (κ1) is 14.5. The first-order valence-corrected chi connectivity index (χ1v) is 7.21. The fourth-order valence-corrected chi connectivity index (χ4v) is 3.48. The molecule has 2 aromatic rings. The Bertz CT molecular complexity index is 696. The van der Waals surface area contributed by atoms with E-state index in [4.69, 9.17) is 9.15 Å². The SMILES string of the molecule is Cl.Cn1c(=O)oc2cc(OC3CC4CCC(C3)N4)ccc21. The Balaban J connectivity index is 0.00000132. The Morgan fingerprint density at radius 2 is 2.00 bits per heavy atom. The van der Waals surface area contributed by atoms with Gasteiger partial charge in [0.25, 0.3) is 0 Å². The highest BCUT2D eigenvalue weighted by Crippen LogP contribution is 2.30. The predicted molar refractivity (Wildman–Crippen MR) is 82.3 cm³/mol. The van der Waals surface area contributed by atoms with Crippen LogP contribution in [0, 0.1) is 0 Å². The number of hydrogen-bond donors (Lipinski definition) is 1. The van der Waals surface area contributed by atoms with E-state index in [1.807, 2.05) is 18.2 Å². The molecule has 1 aromatic carbocycles. The van der Waals surface area contributed by atoms with Crippen molar-refractivity contribution in [2.75, 3.05) is 0 Å². The second kappa shape index (κ2) is 5.39. The standard InChI is InChI=1S/C15H18N2O3.ClH/c1-17-13-5-4-11(8-14(13)20-15(17)18)19-12-6-9-2-3-10(7-12)16-9;/h4-5,8-10,12,16H,2-3,6-7H2,1H3;1H. The summed E-state index contributed by atoms with van der Waals surface area (Å²) in [6.07, 6.45) is 4.91. The summed E-state index contributed by atoms with van der Waals surface area (Å²) < 4.78 is 12.8. The van der Waals surface area contributed by atoms with Crippen LogP contribution in [0.25, 0.3) is 11.1 Å². The molecule has 114 valence electrons. The van der Waals surface area contributed by atoms with Gasteiger partial charge < -0.3 is 14.5 Å². The molecular weight excluding hydrogens is 292 g/mol. The van der Waals surface area contributed by atoms with Crippen molar-refractivity contribution in [3.05, 3.63) is 28.7 Å². The summed E-state index contributed by atoms with van der Waals surface area (Å²) >= 11 is 0. The molecule has 21 heavy (non-hydrogen) atoms. The zero-order valence-electron chi connectivity index (χ0n) is 11.9. The molecule has 2 fully saturated rings. The lowest BCUT2D eigenvalue weighted by Crippen LogP contribution is -2.42. The van der Waals surface area contributed by atoms with E-state index in [1.165, 1.54) is 17.4 Å². The number of benzene rings is 1. The monoisotopic (exact) mass is 310 g/mol. The van der Waals surface area contributed by atoms with E-state index >= 15 is 0 Å². The zero-order valence-corrected chi connectivity index (χ0v) is 12.7. The molecule has 0 amide bonds. The highest BCUT2D eigenvalue weighted by atomic mass is 35.5. The molecule has 1 aromatic heterocycles. The predicted octanol–water partition coefficient (Wildman–Crippen LogP) is 2.22. The molecule has 4 rings (SSSR count). The van der Waals surface area contributed by atoms with Crippen molar-refractivity contribution >= 4 is 23.5 Å². The highest BCUT2D eigenvalue weighted by Gasteiger charge is 2.34.